The van der Waals surface area contributed by atoms with E-state index < -0.39 is 0 Å². The van der Waals surface area contributed by atoms with Gasteiger partial charge >= 0.3 is 0 Å². The summed E-state index contributed by atoms with van der Waals surface area (Å²) >= 11 is 1.70. The predicted octanol–water partition coefficient (Wildman–Crippen LogP) is 2.61. The molecule has 11 heavy (non-hydrogen) atoms. The van der Waals surface area contributed by atoms with E-state index in [-0.39, 0.29) is 0 Å². The Morgan fingerprint density at radius 2 is 2.09 bits per heavy atom. The Bertz CT molecular complexity index is 223. The molecule has 0 heterocycles. The molecule has 0 aliphatic heterocycles. The second kappa shape index (κ2) is 4.42. The summed E-state index contributed by atoms with van der Waals surface area (Å²) in [5, 5.41) is 0. The van der Waals surface area contributed by atoms with Crippen LogP contribution in [0.15, 0.2) is 29.2 Å². The Balaban J connectivity index is 2.62. The molecule has 1 N–H and O–H groups in total. The van der Waals surface area contributed by atoms with E-state index in [1.165, 1.54) is 10.5 Å². The third kappa shape index (κ3) is 2.56. The fourth-order valence-corrected chi connectivity index (χ4v) is 1.50. The van der Waals surface area contributed by atoms with E-state index in [4.69, 9.17) is 0 Å². The number of nitrogens with one attached hydrogen (secondary N) is 1. The second-order valence-electron chi connectivity index (χ2n) is 2.37. The lowest BCUT2D eigenvalue weighted by molar-refractivity contribution is 1.03. The highest BCUT2D eigenvalue weighted by atomic mass is 32.2. The summed E-state index contributed by atoms with van der Waals surface area (Å²) in [6.45, 7) is 5.23. The molecule has 0 aliphatic carbocycles. The van der Waals surface area contributed by atoms with Gasteiger partial charge in [0.2, 0.25) is 0 Å². The summed E-state index contributed by atoms with van der Waals surface area (Å²) in [5.74, 6) is 0. The van der Waals surface area contributed by atoms with Crippen LogP contribution in [-0.2, 0) is 0 Å². The predicted molar refractivity (Wildman–Crippen MR) is 50.7 cm³/mol. The highest BCUT2D eigenvalue weighted by molar-refractivity contribution is 7.97. The van der Waals surface area contributed by atoms with Crippen molar-refractivity contribution in [2.45, 2.75) is 18.7 Å². The Hall–Kier alpha value is -0.470. The van der Waals surface area contributed by atoms with Gasteiger partial charge in [0.15, 0.2) is 0 Å². The average Bonchev–Trinajstić information content (AvgIpc) is 2.03. The molecule has 0 saturated carbocycles. The van der Waals surface area contributed by atoms with E-state index in [9.17, 15) is 0 Å². The minimum absolute atomic E-state index is 0.999. The monoisotopic (exact) mass is 167 g/mol. The van der Waals surface area contributed by atoms with Crippen LogP contribution in [0.3, 0.4) is 0 Å². The summed E-state index contributed by atoms with van der Waals surface area (Å²) in [6.07, 6.45) is 0. The molecule has 0 unspecified atom stereocenters. The van der Waals surface area contributed by atoms with Crippen LogP contribution in [0.5, 0.6) is 0 Å². The van der Waals surface area contributed by atoms with Gasteiger partial charge in [0.25, 0.3) is 0 Å². The Labute approximate surface area is 72.3 Å². The molecule has 2 heteroatoms. The second-order valence-corrected chi connectivity index (χ2v) is 3.30. The topological polar surface area (TPSA) is 12.0 Å². The normalized spacial score (nSPS) is 10.0. The number of hydrogen-bond donors (Lipinski definition) is 1. The van der Waals surface area contributed by atoms with Crippen LogP contribution in [0.1, 0.15) is 12.5 Å². The third-order valence-electron chi connectivity index (χ3n) is 1.42. The van der Waals surface area contributed by atoms with Crippen molar-refractivity contribution in [3.05, 3.63) is 29.8 Å². The summed E-state index contributed by atoms with van der Waals surface area (Å²) in [6, 6.07) is 8.38. The highest BCUT2D eigenvalue weighted by Gasteiger charge is 1.94. The molecule has 0 spiro atoms. The van der Waals surface area contributed by atoms with Gasteiger partial charge in [0.05, 0.1) is 0 Å². The average molecular weight is 167 g/mol. The molecule has 0 atom stereocenters. The molecule has 0 amide bonds. The molecule has 0 bridgehead atoms. The zero-order valence-corrected chi connectivity index (χ0v) is 7.74. The summed E-state index contributed by atoms with van der Waals surface area (Å²) in [4.78, 5) is 1.31. The first-order valence-corrected chi connectivity index (χ1v) is 4.61. The zero-order valence-electron chi connectivity index (χ0n) is 6.92. The number of rotatable bonds is 3. The first-order chi connectivity index (χ1) is 5.34. The van der Waals surface area contributed by atoms with Crippen LogP contribution in [0.4, 0.5) is 0 Å². The molecule has 0 fully saturated rings. The maximum absolute atomic E-state index is 3.22. The van der Waals surface area contributed by atoms with E-state index in [2.05, 4.69) is 42.8 Å². The van der Waals surface area contributed by atoms with Gasteiger partial charge in [-0.3, -0.25) is 4.72 Å². The molecule has 0 aliphatic rings. The molecular weight excluding hydrogens is 154 g/mol. The summed E-state index contributed by atoms with van der Waals surface area (Å²) < 4.78 is 3.22. The Kier molecular flexibility index (Phi) is 3.46. The minimum Gasteiger partial charge on any atom is -0.260 e. The Morgan fingerprint density at radius 1 is 1.36 bits per heavy atom. The quantitative estimate of drug-likeness (QED) is 0.694. The lowest BCUT2D eigenvalue weighted by Gasteiger charge is -2.03. The fourth-order valence-electron chi connectivity index (χ4n) is 0.821. The molecule has 1 nitrogen and oxygen atoms in total. The van der Waals surface area contributed by atoms with E-state index in [1.54, 1.807) is 11.9 Å². The highest BCUT2D eigenvalue weighted by Crippen LogP contribution is 2.17. The molecule has 1 rings (SSSR count). The van der Waals surface area contributed by atoms with Crippen LogP contribution < -0.4 is 4.72 Å². The molecule has 0 radical (unpaired) electrons. The van der Waals surface area contributed by atoms with Gasteiger partial charge in [-0.25, -0.2) is 0 Å². The molecular formula is C9H13NS. The van der Waals surface area contributed by atoms with Crippen molar-refractivity contribution in [3.8, 4) is 0 Å². The van der Waals surface area contributed by atoms with Gasteiger partial charge in [-0.15, -0.1) is 0 Å². The lowest BCUT2D eigenvalue weighted by atomic mass is 10.2. The SMILES string of the molecule is CCNSc1ccccc1C. The number of aryl methyl sites for hydroxylation is 1. The van der Waals surface area contributed by atoms with E-state index >= 15 is 0 Å². The van der Waals surface area contributed by atoms with E-state index in [0.29, 0.717) is 0 Å². The van der Waals surface area contributed by atoms with Crippen LogP contribution >= 0.6 is 11.9 Å². The standard InChI is InChI=1S/C9H13NS/c1-3-10-11-9-7-5-4-6-8(9)2/h4-7,10H,3H2,1-2H3. The molecule has 0 aromatic heterocycles. The fraction of sp³-hybridized carbons (Fsp3) is 0.333. The van der Waals surface area contributed by atoms with Crippen molar-refractivity contribution in [3.63, 3.8) is 0 Å². The van der Waals surface area contributed by atoms with Gasteiger partial charge < -0.3 is 0 Å². The van der Waals surface area contributed by atoms with Crippen molar-refractivity contribution >= 4 is 11.9 Å². The number of benzene rings is 1. The van der Waals surface area contributed by atoms with E-state index in [1.807, 2.05) is 0 Å². The van der Waals surface area contributed by atoms with Gasteiger partial charge in [-0.2, -0.15) is 0 Å². The molecule has 60 valence electrons. The first kappa shape index (κ1) is 8.62. The minimum atomic E-state index is 0.999. The van der Waals surface area contributed by atoms with Crippen molar-refractivity contribution in [1.29, 1.82) is 0 Å². The van der Waals surface area contributed by atoms with Gasteiger partial charge in [0, 0.05) is 11.4 Å². The van der Waals surface area contributed by atoms with Crippen molar-refractivity contribution in [2.24, 2.45) is 0 Å². The van der Waals surface area contributed by atoms with Crippen LogP contribution in [0, 0.1) is 6.92 Å². The van der Waals surface area contributed by atoms with Crippen LogP contribution in [0.25, 0.3) is 0 Å². The Morgan fingerprint density at radius 3 is 2.73 bits per heavy atom. The largest absolute Gasteiger partial charge is 0.260 e. The van der Waals surface area contributed by atoms with Gasteiger partial charge in [0.1, 0.15) is 0 Å². The summed E-state index contributed by atoms with van der Waals surface area (Å²) in [5.41, 5.74) is 1.33. The smallest absolute Gasteiger partial charge is 0.0257 e. The van der Waals surface area contributed by atoms with Crippen molar-refractivity contribution < 1.29 is 0 Å². The van der Waals surface area contributed by atoms with Gasteiger partial charge in [-0.05, 0) is 30.5 Å². The maximum atomic E-state index is 3.22. The van der Waals surface area contributed by atoms with Gasteiger partial charge in [-0.1, -0.05) is 25.1 Å². The van der Waals surface area contributed by atoms with Crippen LogP contribution in [-0.4, -0.2) is 6.54 Å². The first-order valence-electron chi connectivity index (χ1n) is 3.80. The van der Waals surface area contributed by atoms with E-state index in [0.717, 1.165) is 6.54 Å². The van der Waals surface area contributed by atoms with Crippen LogP contribution in [0.2, 0.25) is 0 Å². The maximum Gasteiger partial charge on any atom is 0.0257 e. The molecule has 1 aromatic carbocycles. The molecule has 1 aromatic rings. The zero-order chi connectivity index (χ0) is 8.10. The van der Waals surface area contributed by atoms with Crippen molar-refractivity contribution in [1.82, 2.24) is 4.72 Å². The van der Waals surface area contributed by atoms with Crippen molar-refractivity contribution in [2.75, 3.05) is 6.54 Å². The third-order valence-corrected chi connectivity index (χ3v) is 2.53. The lowest BCUT2D eigenvalue weighted by Crippen LogP contribution is -2.00. The number of hydrogen-bond acceptors (Lipinski definition) is 2. The summed E-state index contributed by atoms with van der Waals surface area (Å²) in [7, 11) is 0. The molecule has 0 saturated heterocycles.